The maximum absolute atomic E-state index is 11.5. The highest BCUT2D eigenvalue weighted by atomic mass is 32.2. The third-order valence-corrected chi connectivity index (χ3v) is 4.02. The van der Waals surface area contributed by atoms with Crippen LogP contribution in [0.5, 0.6) is 0 Å². The van der Waals surface area contributed by atoms with Gasteiger partial charge in [0.15, 0.2) is 0 Å². The number of carbonyl (C=O) groups excluding carboxylic acids is 3. The van der Waals surface area contributed by atoms with Crippen molar-refractivity contribution in [3.8, 4) is 0 Å². The van der Waals surface area contributed by atoms with E-state index < -0.39 is 0 Å². The topological polar surface area (TPSA) is 127 Å². The first-order valence-corrected chi connectivity index (χ1v) is 9.31. The SMILES string of the molecule is NCCCCCNC(=O)CSCC(=O)NCCCCCC(N)=O. The van der Waals surface area contributed by atoms with Gasteiger partial charge in [-0.15, -0.1) is 11.8 Å². The summed E-state index contributed by atoms with van der Waals surface area (Å²) in [6, 6.07) is 0. The van der Waals surface area contributed by atoms with Crippen molar-refractivity contribution in [1.82, 2.24) is 10.6 Å². The molecular weight excluding hydrogens is 316 g/mol. The molecule has 0 aliphatic carbocycles. The highest BCUT2D eigenvalue weighted by molar-refractivity contribution is 8.00. The number of nitrogens with two attached hydrogens (primary N) is 2. The summed E-state index contributed by atoms with van der Waals surface area (Å²) in [6.07, 6.45) is 5.77. The van der Waals surface area contributed by atoms with Crippen LogP contribution in [0, 0.1) is 0 Å². The Bertz CT molecular complexity index is 354. The zero-order valence-corrected chi connectivity index (χ0v) is 14.6. The highest BCUT2D eigenvalue weighted by Crippen LogP contribution is 2.00. The monoisotopic (exact) mass is 346 g/mol. The van der Waals surface area contributed by atoms with E-state index in [9.17, 15) is 14.4 Å². The van der Waals surface area contributed by atoms with Gasteiger partial charge in [-0.25, -0.2) is 0 Å². The van der Waals surface area contributed by atoms with Crippen LogP contribution >= 0.6 is 11.8 Å². The zero-order valence-electron chi connectivity index (χ0n) is 13.8. The average molecular weight is 346 g/mol. The van der Waals surface area contributed by atoms with Crippen molar-refractivity contribution < 1.29 is 14.4 Å². The largest absolute Gasteiger partial charge is 0.370 e. The molecule has 0 unspecified atom stereocenters. The average Bonchev–Trinajstić information content (AvgIpc) is 2.50. The Kier molecular flexibility index (Phi) is 14.7. The van der Waals surface area contributed by atoms with Crippen LogP contribution in [0.4, 0.5) is 0 Å². The van der Waals surface area contributed by atoms with E-state index in [0.717, 1.165) is 38.5 Å². The van der Waals surface area contributed by atoms with E-state index in [2.05, 4.69) is 10.6 Å². The summed E-state index contributed by atoms with van der Waals surface area (Å²) < 4.78 is 0. The number of hydrogen-bond acceptors (Lipinski definition) is 5. The Morgan fingerprint density at radius 2 is 1.30 bits per heavy atom. The lowest BCUT2D eigenvalue weighted by molar-refractivity contribution is -0.119. The summed E-state index contributed by atoms with van der Waals surface area (Å²) in [7, 11) is 0. The molecule has 0 fully saturated rings. The molecule has 0 saturated heterocycles. The Hall–Kier alpha value is -1.28. The van der Waals surface area contributed by atoms with Crippen LogP contribution in [0.1, 0.15) is 44.9 Å². The van der Waals surface area contributed by atoms with Crippen LogP contribution in [0.2, 0.25) is 0 Å². The second-order valence-corrected chi connectivity index (χ2v) is 6.30. The van der Waals surface area contributed by atoms with Crippen molar-refractivity contribution >= 4 is 29.5 Å². The molecule has 0 aromatic carbocycles. The summed E-state index contributed by atoms with van der Waals surface area (Å²) in [5.74, 6) is 0.177. The molecule has 0 bridgehead atoms. The molecule has 0 saturated carbocycles. The molecule has 0 aliphatic rings. The molecule has 0 aliphatic heterocycles. The number of amides is 3. The molecule has 3 amide bonds. The minimum atomic E-state index is -0.289. The fourth-order valence-corrected chi connectivity index (χ4v) is 2.52. The van der Waals surface area contributed by atoms with Gasteiger partial charge in [-0.1, -0.05) is 12.8 Å². The highest BCUT2D eigenvalue weighted by Gasteiger charge is 2.05. The fourth-order valence-electron chi connectivity index (χ4n) is 1.84. The second kappa shape index (κ2) is 15.6. The maximum atomic E-state index is 11.5. The lowest BCUT2D eigenvalue weighted by Gasteiger charge is -2.06. The number of unbranched alkanes of at least 4 members (excludes halogenated alkanes) is 4. The van der Waals surface area contributed by atoms with Gasteiger partial charge in [-0.3, -0.25) is 14.4 Å². The van der Waals surface area contributed by atoms with E-state index in [4.69, 9.17) is 11.5 Å². The van der Waals surface area contributed by atoms with Crippen LogP contribution in [0.15, 0.2) is 0 Å². The van der Waals surface area contributed by atoms with Crippen LogP contribution in [-0.4, -0.2) is 48.9 Å². The first kappa shape index (κ1) is 21.7. The van der Waals surface area contributed by atoms with Gasteiger partial charge in [0.1, 0.15) is 0 Å². The van der Waals surface area contributed by atoms with Crippen LogP contribution in [0.25, 0.3) is 0 Å². The third-order valence-electron chi connectivity index (χ3n) is 3.09. The molecule has 0 atom stereocenters. The number of primary amides is 1. The van der Waals surface area contributed by atoms with Gasteiger partial charge in [-0.2, -0.15) is 0 Å². The summed E-state index contributed by atoms with van der Waals surface area (Å²) >= 11 is 1.30. The molecule has 0 radical (unpaired) electrons. The number of rotatable bonds is 15. The van der Waals surface area contributed by atoms with Crippen molar-refractivity contribution in [2.24, 2.45) is 11.5 Å². The zero-order chi connectivity index (χ0) is 17.3. The minimum absolute atomic E-state index is 0.0398. The van der Waals surface area contributed by atoms with Gasteiger partial charge in [0.2, 0.25) is 17.7 Å². The van der Waals surface area contributed by atoms with E-state index in [0.29, 0.717) is 31.8 Å². The molecule has 23 heavy (non-hydrogen) atoms. The molecule has 134 valence electrons. The quantitative estimate of drug-likeness (QED) is 0.313. The van der Waals surface area contributed by atoms with E-state index in [1.807, 2.05) is 0 Å². The lowest BCUT2D eigenvalue weighted by Crippen LogP contribution is -2.29. The summed E-state index contributed by atoms with van der Waals surface area (Å²) in [4.78, 5) is 33.6. The number of nitrogens with one attached hydrogen (secondary N) is 2. The normalized spacial score (nSPS) is 10.3. The van der Waals surface area contributed by atoms with E-state index in [1.165, 1.54) is 11.8 Å². The van der Waals surface area contributed by atoms with Crippen molar-refractivity contribution in [3.63, 3.8) is 0 Å². The number of carbonyl (C=O) groups is 3. The maximum Gasteiger partial charge on any atom is 0.230 e. The molecule has 0 rings (SSSR count). The van der Waals surface area contributed by atoms with Gasteiger partial charge >= 0.3 is 0 Å². The molecular formula is C15H30N4O3S. The molecule has 0 aromatic rings. The van der Waals surface area contributed by atoms with E-state index in [-0.39, 0.29) is 23.5 Å². The summed E-state index contributed by atoms with van der Waals surface area (Å²) in [5, 5.41) is 5.61. The van der Waals surface area contributed by atoms with Gasteiger partial charge < -0.3 is 22.1 Å². The fraction of sp³-hybridized carbons (Fsp3) is 0.800. The predicted molar refractivity (Wildman–Crippen MR) is 93.9 cm³/mol. The van der Waals surface area contributed by atoms with Crippen LogP contribution in [0.3, 0.4) is 0 Å². The van der Waals surface area contributed by atoms with E-state index in [1.54, 1.807) is 0 Å². The summed E-state index contributed by atoms with van der Waals surface area (Å²) in [5.41, 5.74) is 10.4. The molecule has 0 heterocycles. The van der Waals surface area contributed by atoms with E-state index >= 15 is 0 Å². The van der Waals surface area contributed by atoms with Crippen molar-refractivity contribution in [2.45, 2.75) is 44.9 Å². The molecule has 7 nitrogen and oxygen atoms in total. The van der Waals surface area contributed by atoms with Gasteiger partial charge in [0.25, 0.3) is 0 Å². The third kappa shape index (κ3) is 16.9. The van der Waals surface area contributed by atoms with Gasteiger partial charge in [-0.05, 0) is 32.2 Å². The smallest absolute Gasteiger partial charge is 0.230 e. The standard InChI is InChI=1S/C15H30N4O3S/c16-8-4-2-6-10-19-15(22)12-23-11-14(21)18-9-5-1-3-7-13(17)20/h1-12,16H2,(H2,17,20)(H,18,21)(H,19,22). The van der Waals surface area contributed by atoms with Crippen molar-refractivity contribution in [2.75, 3.05) is 31.1 Å². The van der Waals surface area contributed by atoms with Crippen molar-refractivity contribution in [3.05, 3.63) is 0 Å². The Balaban J connectivity index is 3.38. The lowest BCUT2D eigenvalue weighted by atomic mass is 10.2. The minimum Gasteiger partial charge on any atom is -0.370 e. The van der Waals surface area contributed by atoms with Gasteiger partial charge in [0.05, 0.1) is 11.5 Å². The summed E-state index contributed by atoms with van der Waals surface area (Å²) in [6.45, 7) is 1.94. The molecule has 8 heteroatoms. The Morgan fingerprint density at radius 1 is 0.783 bits per heavy atom. The first-order valence-electron chi connectivity index (χ1n) is 8.15. The van der Waals surface area contributed by atoms with Crippen molar-refractivity contribution in [1.29, 1.82) is 0 Å². The molecule has 0 aromatic heterocycles. The first-order chi connectivity index (χ1) is 11.1. The number of hydrogen-bond donors (Lipinski definition) is 4. The second-order valence-electron chi connectivity index (χ2n) is 5.32. The Labute approximate surface area is 142 Å². The van der Waals surface area contributed by atoms with Gasteiger partial charge in [0, 0.05) is 19.5 Å². The van der Waals surface area contributed by atoms with Crippen LogP contribution < -0.4 is 22.1 Å². The number of thioether (sulfide) groups is 1. The Morgan fingerprint density at radius 3 is 1.78 bits per heavy atom. The van der Waals surface area contributed by atoms with Crippen LogP contribution in [-0.2, 0) is 14.4 Å². The predicted octanol–water partition coefficient (Wildman–Crippen LogP) is 0.127. The molecule has 0 spiro atoms. The molecule has 6 N–H and O–H groups in total.